The van der Waals surface area contributed by atoms with Gasteiger partial charge in [0.1, 0.15) is 5.82 Å². The number of rotatable bonds is 6. The molecule has 0 spiro atoms. The molecule has 3 aromatic rings. The van der Waals surface area contributed by atoms with E-state index in [4.69, 9.17) is 0 Å². The predicted octanol–water partition coefficient (Wildman–Crippen LogP) is 2.82. The van der Waals surface area contributed by atoms with E-state index in [1.165, 1.54) is 11.3 Å². The maximum atomic E-state index is 11.5. The molecule has 3 aromatic heterocycles. The van der Waals surface area contributed by atoms with Crippen LogP contribution < -0.4 is 10.6 Å². The van der Waals surface area contributed by atoms with E-state index in [0.29, 0.717) is 35.3 Å². The fourth-order valence-electron chi connectivity index (χ4n) is 2.13. The van der Waals surface area contributed by atoms with Crippen LogP contribution in [-0.2, 0) is 11.4 Å². The molecule has 0 atom stereocenters. The molecule has 0 aliphatic carbocycles. The number of aromatic nitrogens is 4. The summed E-state index contributed by atoms with van der Waals surface area (Å²) in [4.78, 5) is 21.1. The van der Waals surface area contributed by atoms with Gasteiger partial charge in [-0.05, 0) is 13.0 Å². The highest BCUT2D eigenvalue weighted by molar-refractivity contribution is 7.14. The second-order valence-corrected chi connectivity index (χ2v) is 6.30. The molecule has 0 bridgehead atoms. The minimum atomic E-state index is -0.200. The largest absolute Gasteiger partial charge is 0.390 e. The van der Waals surface area contributed by atoms with E-state index >= 15 is 0 Å². The Morgan fingerprint density at radius 3 is 2.80 bits per heavy atom. The first-order valence-corrected chi connectivity index (χ1v) is 8.62. The van der Waals surface area contributed by atoms with Gasteiger partial charge in [-0.3, -0.25) is 9.89 Å². The number of H-pyrrole nitrogens is 1. The van der Waals surface area contributed by atoms with Crippen molar-refractivity contribution in [3.8, 4) is 10.7 Å². The number of aliphatic hydroxyl groups excluding tert-OH is 1. The van der Waals surface area contributed by atoms with Crippen molar-refractivity contribution >= 4 is 34.6 Å². The quantitative estimate of drug-likeness (QED) is 0.538. The molecular weight excluding hydrogens is 340 g/mol. The summed E-state index contributed by atoms with van der Waals surface area (Å²) in [6, 6.07) is 5.34. The Labute approximate surface area is 148 Å². The Morgan fingerprint density at radius 2 is 2.12 bits per heavy atom. The number of amides is 1. The number of hydrogen-bond acceptors (Lipinski definition) is 7. The summed E-state index contributed by atoms with van der Waals surface area (Å²) in [7, 11) is 0. The minimum absolute atomic E-state index is 0.0503. The third-order valence-corrected chi connectivity index (χ3v) is 4.25. The average molecular weight is 358 g/mol. The first kappa shape index (κ1) is 17.1. The number of aromatic amines is 1. The maximum Gasteiger partial charge on any atom is 0.224 e. The monoisotopic (exact) mass is 358 g/mol. The van der Waals surface area contributed by atoms with Crippen molar-refractivity contribution in [2.75, 3.05) is 10.6 Å². The van der Waals surface area contributed by atoms with Gasteiger partial charge in [-0.1, -0.05) is 6.92 Å². The molecule has 0 unspecified atom stereocenters. The van der Waals surface area contributed by atoms with E-state index in [2.05, 4.69) is 30.8 Å². The van der Waals surface area contributed by atoms with E-state index in [9.17, 15) is 9.90 Å². The maximum absolute atomic E-state index is 11.5. The van der Waals surface area contributed by atoms with Gasteiger partial charge >= 0.3 is 0 Å². The van der Waals surface area contributed by atoms with Crippen LogP contribution in [0.3, 0.4) is 0 Å². The highest BCUT2D eigenvalue weighted by Crippen LogP contribution is 2.29. The second kappa shape index (κ2) is 7.41. The van der Waals surface area contributed by atoms with Gasteiger partial charge in [0, 0.05) is 29.6 Å². The van der Waals surface area contributed by atoms with Gasteiger partial charge in [-0.15, -0.1) is 11.3 Å². The lowest BCUT2D eigenvalue weighted by molar-refractivity contribution is -0.115. The zero-order valence-electron chi connectivity index (χ0n) is 13.8. The van der Waals surface area contributed by atoms with Crippen molar-refractivity contribution < 1.29 is 9.90 Å². The lowest BCUT2D eigenvalue weighted by Gasteiger charge is -2.06. The molecule has 0 radical (unpaired) electrons. The molecular formula is C16H18N6O2S. The van der Waals surface area contributed by atoms with E-state index < -0.39 is 0 Å². The number of anilines is 3. The summed E-state index contributed by atoms with van der Waals surface area (Å²) in [5.41, 5.74) is 2.13. The summed E-state index contributed by atoms with van der Waals surface area (Å²) in [6.45, 7) is 3.50. The van der Waals surface area contributed by atoms with Gasteiger partial charge in [0.15, 0.2) is 11.6 Å². The van der Waals surface area contributed by atoms with Crippen molar-refractivity contribution in [2.45, 2.75) is 26.9 Å². The first-order valence-electron chi connectivity index (χ1n) is 7.74. The van der Waals surface area contributed by atoms with Crippen LogP contribution in [0, 0.1) is 6.92 Å². The molecule has 3 rings (SSSR count). The molecule has 3 heterocycles. The normalized spacial score (nSPS) is 10.7. The molecule has 0 saturated carbocycles. The summed E-state index contributed by atoms with van der Waals surface area (Å²) in [6.07, 6.45) is 0.416. The first-order chi connectivity index (χ1) is 12.1. The summed E-state index contributed by atoms with van der Waals surface area (Å²) < 4.78 is 0. The second-order valence-electron chi connectivity index (χ2n) is 5.39. The van der Waals surface area contributed by atoms with Gasteiger partial charge in [0.05, 0.1) is 22.9 Å². The number of hydrogen-bond donors (Lipinski definition) is 4. The molecule has 4 N–H and O–H groups in total. The Balaban J connectivity index is 1.88. The summed E-state index contributed by atoms with van der Waals surface area (Å²) in [5.74, 6) is 1.59. The average Bonchev–Trinajstić information content (AvgIpc) is 3.23. The van der Waals surface area contributed by atoms with E-state index in [1.54, 1.807) is 13.0 Å². The number of thiophene rings is 1. The topological polar surface area (TPSA) is 116 Å². The van der Waals surface area contributed by atoms with E-state index in [1.807, 2.05) is 24.4 Å². The number of carbonyl (C=O) groups is 1. The van der Waals surface area contributed by atoms with Gasteiger partial charge < -0.3 is 15.7 Å². The molecule has 130 valence electrons. The van der Waals surface area contributed by atoms with Crippen molar-refractivity contribution in [1.82, 2.24) is 20.2 Å². The van der Waals surface area contributed by atoms with Crippen LogP contribution in [0.5, 0.6) is 0 Å². The Bertz CT molecular complexity index is 888. The van der Waals surface area contributed by atoms with Crippen LogP contribution in [0.2, 0.25) is 0 Å². The number of carbonyl (C=O) groups excluding carboxylic acids is 1. The Hall–Kier alpha value is -2.78. The van der Waals surface area contributed by atoms with Crippen LogP contribution in [0.25, 0.3) is 10.7 Å². The lowest BCUT2D eigenvalue weighted by atomic mass is 10.3. The highest BCUT2D eigenvalue weighted by Gasteiger charge is 2.11. The highest BCUT2D eigenvalue weighted by atomic mass is 32.1. The lowest BCUT2D eigenvalue weighted by Crippen LogP contribution is -2.08. The Kier molecular flexibility index (Phi) is 5.05. The summed E-state index contributed by atoms with van der Waals surface area (Å²) in [5, 5.41) is 24.2. The van der Waals surface area contributed by atoms with Crippen LogP contribution in [0.1, 0.15) is 24.7 Å². The number of aliphatic hydroxyl groups is 1. The predicted molar refractivity (Wildman–Crippen MR) is 96.8 cm³/mol. The molecule has 0 fully saturated rings. The number of aryl methyl sites for hydroxylation is 1. The van der Waals surface area contributed by atoms with Crippen molar-refractivity contribution in [2.24, 2.45) is 0 Å². The fraction of sp³-hybridized carbons (Fsp3) is 0.250. The fourth-order valence-corrected chi connectivity index (χ4v) is 2.91. The van der Waals surface area contributed by atoms with Gasteiger partial charge in [0.2, 0.25) is 5.91 Å². The Morgan fingerprint density at radius 1 is 1.28 bits per heavy atom. The molecule has 8 nitrogen and oxygen atoms in total. The summed E-state index contributed by atoms with van der Waals surface area (Å²) >= 11 is 1.42. The zero-order valence-corrected chi connectivity index (χ0v) is 14.6. The molecule has 25 heavy (non-hydrogen) atoms. The van der Waals surface area contributed by atoms with Crippen LogP contribution in [-0.4, -0.2) is 31.2 Å². The van der Waals surface area contributed by atoms with Crippen molar-refractivity contribution in [3.63, 3.8) is 0 Å². The minimum Gasteiger partial charge on any atom is -0.390 e. The van der Waals surface area contributed by atoms with Crippen molar-refractivity contribution in [3.05, 3.63) is 35.0 Å². The molecule has 0 aliphatic heterocycles. The molecule has 1 amide bonds. The third kappa shape index (κ3) is 4.20. The SMILES string of the molecule is CCC(=O)Nc1csc(-c2nc(CO)cc(Nc3cc(C)[nH]n3)n2)c1. The molecule has 9 heteroatoms. The van der Waals surface area contributed by atoms with E-state index in [0.717, 1.165) is 10.6 Å². The van der Waals surface area contributed by atoms with Gasteiger partial charge in [0.25, 0.3) is 0 Å². The van der Waals surface area contributed by atoms with Gasteiger partial charge in [-0.25, -0.2) is 9.97 Å². The van der Waals surface area contributed by atoms with Crippen LogP contribution in [0.4, 0.5) is 17.3 Å². The van der Waals surface area contributed by atoms with E-state index in [-0.39, 0.29) is 12.5 Å². The number of nitrogens with one attached hydrogen (secondary N) is 3. The third-order valence-electron chi connectivity index (χ3n) is 3.33. The van der Waals surface area contributed by atoms with Crippen LogP contribution in [0.15, 0.2) is 23.6 Å². The standard InChI is InChI=1S/C16H18N6O2S/c1-3-15(24)17-11-5-12(25-8-11)16-18-10(7-23)6-13(20-16)19-14-4-9(2)21-22-14/h4-6,8,23H,3,7H2,1-2H3,(H,17,24)(H2,18,19,20,21,22). The molecule has 0 aromatic carbocycles. The zero-order chi connectivity index (χ0) is 17.8. The molecule has 0 saturated heterocycles. The van der Waals surface area contributed by atoms with Gasteiger partial charge in [-0.2, -0.15) is 5.10 Å². The van der Waals surface area contributed by atoms with Crippen molar-refractivity contribution in [1.29, 1.82) is 0 Å². The smallest absolute Gasteiger partial charge is 0.224 e. The molecule has 0 aliphatic rings. The van der Waals surface area contributed by atoms with Crippen LogP contribution >= 0.6 is 11.3 Å². The number of nitrogens with zero attached hydrogens (tertiary/aromatic N) is 3.